The van der Waals surface area contributed by atoms with E-state index in [0.717, 1.165) is 23.4 Å². The van der Waals surface area contributed by atoms with Crippen molar-refractivity contribution in [1.29, 1.82) is 0 Å². The van der Waals surface area contributed by atoms with Gasteiger partial charge in [0.25, 0.3) is 0 Å². The van der Waals surface area contributed by atoms with Crippen LogP contribution in [0.5, 0.6) is 0 Å². The van der Waals surface area contributed by atoms with Gasteiger partial charge in [0.15, 0.2) is 5.76 Å². The topological polar surface area (TPSA) is 26.0 Å². The Labute approximate surface area is 96.3 Å². The van der Waals surface area contributed by atoms with Gasteiger partial charge in [-0.25, -0.2) is 0 Å². The Kier molecular flexibility index (Phi) is 3.09. The molecule has 0 aliphatic carbocycles. The molecule has 1 aromatic carbocycles. The van der Waals surface area contributed by atoms with Crippen molar-refractivity contribution in [3.05, 3.63) is 41.6 Å². The van der Waals surface area contributed by atoms with Gasteiger partial charge in [-0.2, -0.15) is 0 Å². The van der Waals surface area contributed by atoms with E-state index in [0.29, 0.717) is 5.92 Å². The average Bonchev–Trinajstić information content (AvgIpc) is 2.77. The summed E-state index contributed by atoms with van der Waals surface area (Å²) in [5, 5.41) is 4.12. The SMILES string of the molecule is CCC(C)c1cc(-c2cccc(C)c2)on1. The summed E-state index contributed by atoms with van der Waals surface area (Å²) in [4.78, 5) is 0. The van der Waals surface area contributed by atoms with Crippen LogP contribution in [0.1, 0.15) is 37.4 Å². The molecule has 0 radical (unpaired) electrons. The van der Waals surface area contributed by atoms with E-state index < -0.39 is 0 Å². The number of rotatable bonds is 3. The van der Waals surface area contributed by atoms with Crippen LogP contribution in [0.3, 0.4) is 0 Å². The molecule has 0 fully saturated rings. The molecule has 1 aromatic heterocycles. The molecule has 1 unspecified atom stereocenters. The minimum atomic E-state index is 0.460. The van der Waals surface area contributed by atoms with Crippen LogP contribution < -0.4 is 0 Å². The predicted octanol–water partition coefficient (Wildman–Crippen LogP) is 4.16. The third-order valence-electron chi connectivity index (χ3n) is 2.95. The van der Waals surface area contributed by atoms with E-state index in [1.165, 1.54) is 5.56 Å². The van der Waals surface area contributed by atoms with Crippen LogP contribution in [0, 0.1) is 6.92 Å². The van der Waals surface area contributed by atoms with E-state index in [-0.39, 0.29) is 0 Å². The minimum absolute atomic E-state index is 0.460. The Morgan fingerprint density at radius 2 is 2.12 bits per heavy atom. The monoisotopic (exact) mass is 215 g/mol. The Bertz CT molecular complexity index is 473. The van der Waals surface area contributed by atoms with Gasteiger partial charge in [-0.15, -0.1) is 0 Å². The second-order valence-corrected chi connectivity index (χ2v) is 4.29. The fourth-order valence-corrected chi connectivity index (χ4v) is 1.66. The lowest BCUT2D eigenvalue weighted by Gasteiger charge is -2.00. The molecule has 1 atom stereocenters. The molecule has 2 aromatic rings. The lowest BCUT2D eigenvalue weighted by Crippen LogP contribution is -1.89. The zero-order chi connectivity index (χ0) is 11.5. The maximum atomic E-state index is 5.38. The molecule has 0 aliphatic heterocycles. The fourth-order valence-electron chi connectivity index (χ4n) is 1.66. The quantitative estimate of drug-likeness (QED) is 0.768. The molecule has 0 amide bonds. The molecule has 1 heterocycles. The van der Waals surface area contributed by atoms with Crippen molar-refractivity contribution in [2.45, 2.75) is 33.1 Å². The van der Waals surface area contributed by atoms with Crippen molar-refractivity contribution >= 4 is 0 Å². The van der Waals surface area contributed by atoms with Crippen LogP contribution in [0.2, 0.25) is 0 Å². The van der Waals surface area contributed by atoms with Gasteiger partial charge in [0.2, 0.25) is 0 Å². The predicted molar refractivity (Wildman–Crippen MR) is 65.4 cm³/mol. The molecule has 84 valence electrons. The lowest BCUT2D eigenvalue weighted by atomic mass is 10.0. The van der Waals surface area contributed by atoms with Crippen LogP contribution >= 0.6 is 0 Å². The number of aromatic nitrogens is 1. The second kappa shape index (κ2) is 4.52. The van der Waals surface area contributed by atoms with E-state index in [9.17, 15) is 0 Å². The smallest absolute Gasteiger partial charge is 0.167 e. The summed E-state index contributed by atoms with van der Waals surface area (Å²) in [6.07, 6.45) is 1.08. The molecule has 2 rings (SSSR count). The molecule has 0 bridgehead atoms. The third-order valence-corrected chi connectivity index (χ3v) is 2.95. The van der Waals surface area contributed by atoms with Gasteiger partial charge >= 0.3 is 0 Å². The first-order chi connectivity index (χ1) is 7.70. The Morgan fingerprint density at radius 1 is 1.31 bits per heavy atom. The van der Waals surface area contributed by atoms with Gasteiger partial charge < -0.3 is 4.52 Å². The summed E-state index contributed by atoms with van der Waals surface area (Å²) in [6, 6.07) is 10.3. The maximum absolute atomic E-state index is 5.38. The zero-order valence-electron chi connectivity index (χ0n) is 10.0. The molecular weight excluding hydrogens is 198 g/mol. The molecule has 0 saturated carbocycles. The van der Waals surface area contributed by atoms with Crippen LogP contribution in [-0.2, 0) is 0 Å². The highest BCUT2D eigenvalue weighted by atomic mass is 16.5. The molecule has 0 saturated heterocycles. The van der Waals surface area contributed by atoms with E-state index in [1.807, 2.05) is 18.2 Å². The van der Waals surface area contributed by atoms with E-state index in [4.69, 9.17) is 4.52 Å². The largest absolute Gasteiger partial charge is 0.356 e. The van der Waals surface area contributed by atoms with Gasteiger partial charge in [-0.1, -0.05) is 42.8 Å². The van der Waals surface area contributed by atoms with Crippen LogP contribution in [0.25, 0.3) is 11.3 Å². The normalized spacial score (nSPS) is 12.7. The zero-order valence-corrected chi connectivity index (χ0v) is 10.0. The lowest BCUT2D eigenvalue weighted by molar-refractivity contribution is 0.417. The van der Waals surface area contributed by atoms with E-state index in [1.54, 1.807) is 0 Å². The number of hydrogen-bond acceptors (Lipinski definition) is 2. The molecule has 0 spiro atoms. The van der Waals surface area contributed by atoms with Crippen molar-refractivity contribution < 1.29 is 4.52 Å². The van der Waals surface area contributed by atoms with Crippen molar-refractivity contribution in [3.63, 3.8) is 0 Å². The van der Waals surface area contributed by atoms with Gasteiger partial charge in [-0.05, 0) is 19.4 Å². The minimum Gasteiger partial charge on any atom is -0.356 e. The van der Waals surface area contributed by atoms with Gasteiger partial charge in [-0.3, -0.25) is 0 Å². The first-order valence-corrected chi connectivity index (χ1v) is 5.74. The summed E-state index contributed by atoms with van der Waals surface area (Å²) in [6.45, 7) is 6.40. The number of nitrogens with zero attached hydrogens (tertiary/aromatic N) is 1. The van der Waals surface area contributed by atoms with Crippen LogP contribution in [-0.4, -0.2) is 5.16 Å². The molecule has 2 heteroatoms. The third kappa shape index (κ3) is 2.16. The van der Waals surface area contributed by atoms with Gasteiger partial charge in [0, 0.05) is 17.5 Å². The highest BCUT2D eigenvalue weighted by Crippen LogP contribution is 2.25. The van der Waals surface area contributed by atoms with Crippen molar-refractivity contribution in [2.24, 2.45) is 0 Å². The van der Waals surface area contributed by atoms with Crippen molar-refractivity contribution in [3.8, 4) is 11.3 Å². The van der Waals surface area contributed by atoms with Crippen LogP contribution in [0.4, 0.5) is 0 Å². The summed E-state index contributed by atoms with van der Waals surface area (Å²) in [7, 11) is 0. The highest BCUT2D eigenvalue weighted by molar-refractivity contribution is 5.58. The molecule has 2 nitrogen and oxygen atoms in total. The van der Waals surface area contributed by atoms with Crippen LogP contribution in [0.15, 0.2) is 34.9 Å². The van der Waals surface area contributed by atoms with Gasteiger partial charge in [0.05, 0.1) is 5.69 Å². The molecular formula is C14H17NO. The Balaban J connectivity index is 2.31. The Hall–Kier alpha value is -1.57. The second-order valence-electron chi connectivity index (χ2n) is 4.29. The molecule has 0 aliphatic rings. The summed E-state index contributed by atoms with van der Waals surface area (Å²) < 4.78 is 5.38. The summed E-state index contributed by atoms with van der Waals surface area (Å²) in [5.41, 5.74) is 3.38. The number of benzene rings is 1. The molecule has 0 N–H and O–H groups in total. The summed E-state index contributed by atoms with van der Waals surface area (Å²) in [5.74, 6) is 1.32. The molecule has 16 heavy (non-hydrogen) atoms. The number of hydrogen-bond donors (Lipinski definition) is 0. The average molecular weight is 215 g/mol. The fraction of sp³-hybridized carbons (Fsp3) is 0.357. The standard InChI is InChI=1S/C14H17NO/c1-4-11(3)13-9-14(16-15-13)12-7-5-6-10(2)8-12/h5-9,11H,4H2,1-3H3. The van der Waals surface area contributed by atoms with E-state index in [2.05, 4.69) is 38.1 Å². The first-order valence-electron chi connectivity index (χ1n) is 5.74. The van der Waals surface area contributed by atoms with Crippen molar-refractivity contribution in [1.82, 2.24) is 5.16 Å². The highest BCUT2D eigenvalue weighted by Gasteiger charge is 2.11. The number of aryl methyl sites for hydroxylation is 1. The van der Waals surface area contributed by atoms with Gasteiger partial charge in [0.1, 0.15) is 0 Å². The summed E-state index contributed by atoms with van der Waals surface area (Å²) >= 11 is 0. The maximum Gasteiger partial charge on any atom is 0.167 e. The van der Waals surface area contributed by atoms with E-state index >= 15 is 0 Å². The Morgan fingerprint density at radius 3 is 2.81 bits per heavy atom. The first kappa shape index (κ1) is 10.9. The van der Waals surface area contributed by atoms with Crippen molar-refractivity contribution in [2.75, 3.05) is 0 Å².